The van der Waals surface area contributed by atoms with E-state index in [4.69, 9.17) is 13.9 Å². The van der Waals surface area contributed by atoms with Gasteiger partial charge in [-0.15, -0.1) is 0 Å². The summed E-state index contributed by atoms with van der Waals surface area (Å²) in [5.74, 6) is 0.744. The maximum Gasteiger partial charge on any atom is 0.411 e. The maximum absolute atomic E-state index is 13.5. The van der Waals surface area contributed by atoms with Crippen molar-refractivity contribution in [2.75, 3.05) is 20.2 Å². The Kier molecular flexibility index (Phi) is 6.67. The highest BCUT2D eigenvalue weighted by Crippen LogP contribution is 2.45. The first-order valence-corrected chi connectivity index (χ1v) is 14.6. The van der Waals surface area contributed by atoms with Gasteiger partial charge in [0.25, 0.3) is 5.91 Å². The molecule has 2 aliphatic heterocycles. The van der Waals surface area contributed by atoms with Crippen molar-refractivity contribution in [2.24, 2.45) is 0 Å². The van der Waals surface area contributed by atoms with Gasteiger partial charge >= 0.3 is 6.09 Å². The normalized spacial score (nSPS) is 23.7. The van der Waals surface area contributed by atoms with E-state index in [1.165, 1.54) is 0 Å². The van der Waals surface area contributed by atoms with E-state index in [-0.39, 0.29) is 17.0 Å². The fraction of sp³-hybridized carbons (Fsp3) is 0.680. The first-order chi connectivity index (χ1) is 15.1. The Labute approximate surface area is 199 Å². The molecular weight excluding hydrogens is 436 g/mol. The van der Waals surface area contributed by atoms with Crippen LogP contribution in [-0.2, 0) is 20.5 Å². The first-order valence-electron chi connectivity index (χ1n) is 11.7. The van der Waals surface area contributed by atoms with Gasteiger partial charge in [-0.1, -0.05) is 32.9 Å². The van der Waals surface area contributed by atoms with Gasteiger partial charge in [0.2, 0.25) is 0 Å². The average molecular weight is 477 g/mol. The highest BCUT2D eigenvalue weighted by atomic mass is 28.4. The van der Waals surface area contributed by atoms with Crippen LogP contribution in [0.4, 0.5) is 4.79 Å². The minimum atomic E-state index is -2.06. The van der Waals surface area contributed by atoms with E-state index in [2.05, 4.69) is 33.9 Å². The molecule has 2 aliphatic rings. The van der Waals surface area contributed by atoms with Crippen LogP contribution in [0.15, 0.2) is 24.3 Å². The molecule has 0 bridgehead atoms. The number of nitrogens with zero attached hydrogens (tertiary/aromatic N) is 2. The number of ether oxygens (including phenoxy) is 2. The monoisotopic (exact) mass is 476 g/mol. The second kappa shape index (κ2) is 8.62. The standard InChI is InChI=1S/C25H40N2O5Si/c1-23(2,3)31-22(29)27-16-20(32-33(8,9)24(4,5)6)14-25(27)17-26(21(25)28)15-18-10-12-19(30-7)13-11-18/h10-13,20H,14-17H2,1-9H3. The van der Waals surface area contributed by atoms with Crippen LogP contribution in [0.3, 0.4) is 0 Å². The van der Waals surface area contributed by atoms with E-state index < -0.39 is 25.6 Å². The molecule has 3 rings (SSSR count). The van der Waals surface area contributed by atoms with E-state index in [0.717, 1.165) is 11.3 Å². The van der Waals surface area contributed by atoms with E-state index in [1.54, 1.807) is 16.9 Å². The fourth-order valence-corrected chi connectivity index (χ4v) is 5.60. The molecule has 0 N–H and O–H groups in total. The molecule has 0 aromatic heterocycles. The van der Waals surface area contributed by atoms with Gasteiger partial charge in [-0.25, -0.2) is 4.79 Å². The SMILES string of the molecule is COc1ccc(CN2CC3(CC(O[Si](C)(C)C(C)(C)C)CN3C(=O)OC(C)(C)C)C2=O)cc1. The molecule has 2 fully saturated rings. The number of hydrogen-bond donors (Lipinski definition) is 0. The smallest absolute Gasteiger partial charge is 0.411 e. The van der Waals surface area contributed by atoms with E-state index >= 15 is 0 Å². The Hall–Kier alpha value is -2.06. The Bertz CT molecular complexity index is 888. The molecule has 2 unspecified atom stereocenters. The van der Waals surface area contributed by atoms with Crippen molar-refractivity contribution in [1.82, 2.24) is 9.80 Å². The predicted octanol–water partition coefficient (Wildman–Crippen LogP) is 4.81. The Morgan fingerprint density at radius 1 is 1.12 bits per heavy atom. The minimum absolute atomic E-state index is 0.0366. The minimum Gasteiger partial charge on any atom is -0.497 e. The molecule has 8 heteroatoms. The fourth-order valence-electron chi connectivity index (χ4n) is 4.26. The summed E-state index contributed by atoms with van der Waals surface area (Å²) in [6, 6.07) is 7.70. The van der Waals surface area contributed by atoms with Gasteiger partial charge in [0.05, 0.1) is 26.3 Å². The number of carbonyl (C=O) groups is 2. The molecular formula is C25H40N2O5Si. The molecule has 1 spiro atoms. The second-order valence-corrected chi connectivity index (χ2v) is 16.6. The molecule has 184 valence electrons. The van der Waals surface area contributed by atoms with Gasteiger partial charge in [-0.05, 0) is 56.6 Å². The lowest BCUT2D eigenvalue weighted by Gasteiger charge is -2.50. The summed E-state index contributed by atoms with van der Waals surface area (Å²) in [5, 5.41) is 0.0452. The predicted molar refractivity (Wildman–Crippen MR) is 131 cm³/mol. The molecule has 33 heavy (non-hydrogen) atoms. The van der Waals surface area contributed by atoms with Crippen molar-refractivity contribution < 1.29 is 23.5 Å². The van der Waals surface area contributed by atoms with Crippen LogP contribution in [0.5, 0.6) is 5.75 Å². The third kappa shape index (κ3) is 5.21. The number of rotatable bonds is 5. The van der Waals surface area contributed by atoms with Gasteiger partial charge in [0.15, 0.2) is 8.32 Å². The summed E-state index contributed by atoms with van der Waals surface area (Å²) in [4.78, 5) is 30.1. The summed E-state index contributed by atoms with van der Waals surface area (Å²) in [6.07, 6.45) is -0.108. The molecule has 2 saturated heterocycles. The molecule has 2 heterocycles. The van der Waals surface area contributed by atoms with Crippen LogP contribution in [-0.4, -0.2) is 67.6 Å². The second-order valence-electron chi connectivity index (χ2n) is 11.8. The highest BCUT2D eigenvalue weighted by molar-refractivity contribution is 6.74. The van der Waals surface area contributed by atoms with Gasteiger partial charge < -0.3 is 18.8 Å². The Morgan fingerprint density at radius 3 is 2.21 bits per heavy atom. The Balaban J connectivity index is 1.79. The Morgan fingerprint density at radius 2 is 1.73 bits per heavy atom. The summed E-state index contributed by atoms with van der Waals surface area (Å²) >= 11 is 0. The molecule has 0 saturated carbocycles. The van der Waals surface area contributed by atoms with E-state index in [0.29, 0.717) is 26.1 Å². The quantitative estimate of drug-likeness (QED) is 0.451. The number of benzene rings is 1. The zero-order valence-electron chi connectivity index (χ0n) is 21.7. The summed E-state index contributed by atoms with van der Waals surface area (Å²) in [7, 11) is -0.427. The number of carbonyl (C=O) groups excluding carboxylic acids is 2. The third-order valence-electron chi connectivity index (χ3n) is 7.02. The lowest BCUT2D eigenvalue weighted by Crippen LogP contribution is -2.72. The van der Waals surface area contributed by atoms with E-state index in [1.807, 2.05) is 45.0 Å². The molecule has 7 nitrogen and oxygen atoms in total. The topological polar surface area (TPSA) is 68.3 Å². The summed E-state index contributed by atoms with van der Waals surface area (Å²) in [6.45, 7) is 17.9. The lowest BCUT2D eigenvalue weighted by atomic mass is 9.85. The van der Waals surface area contributed by atoms with Crippen LogP contribution < -0.4 is 4.74 Å². The third-order valence-corrected chi connectivity index (χ3v) is 11.6. The van der Waals surface area contributed by atoms with Crippen molar-refractivity contribution in [3.63, 3.8) is 0 Å². The highest BCUT2D eigenvalue weighted by Gasteiger charge is 2.63. The molecule has 2 atom stereocenters. The van der Waals surface area contributed by atoms with Gasteiger partial charge in [-0.3, -0.25) is 9.69 Å². The molecule has 1 aromatic carbocycles. The van der Waals surface area contributed by atoms with Crippen LogP contribution in [0.2, 0.25) is 18.1 Å². The first kappa shape index (κ1) is 25.6. The maximum atomic E-state index is 13.5. The molecule has 0 radical (unpaired) electrons. The number of hydrogen-bond acceptors (Lipinski definition) is 5. The zero-order valence-corrected chi connectivity index (χ0v) is 22.7. The number of likely N-dealkylation sites (tertiary alicyclic amines) is 2. The van der Waals surface area contributed by atoms with Crippen LogP contribution in [0.1, 0.15) is 53.5 Å². The molecule has 1 aromatic rings. The number of amides is 2. The van der Waals surface area contributed by atoms with Crippen molar-refractivity contribution in [2.45, 2.75) is 89.9 Å². The number of methoxy groups -OCH3 is 1. The van der Waals surface area contributed by atoms with Crippen LogP contribution >= 0.6 is 0 Å². The average Bonchev–Trinajstić information content (AvgIpc) is 3.06. The van der Waals surface area contributed by atoms with Crippen LogP contribution in [0, 0.1) is 0 Å². The van der Waals surface area contributed by atoms with Crippen molar-refractivity contribution in [3.8, 4) is 5.75 Å². The zero-order chi connectivity index (χ0) is 24.8. The van der Waals surface area contributed by atoms with Crippen LogP contribution in [0.25, 0.3) is 0 Å². The van der Waals surface area contributed by atoms with Crippen molar-refractivity contribution in [1.29, 1.82) is 0 Å². The van der Waals surface area contributed by atoms with Crippen molar-refractivity contribution >= 4 is 20.3 Å². The molecule has 2 amide bonds. The lowest BCUT2D eigenvalue weighted by molar-refractivity contribution is -0.161. The van der Waals surface area contributed by atoms with E-state index in [9.17, 15) is 9.59 Å². The largest absolute Gasteiger partial charge is 0.497 e. The molecule has 0 aliphatic carbocycles. The van der Waals surface area contributed by atoms with Gasteiger partial charge in [0.1, 0.15) is 16.9 Å². The summed E-state index contributed by atoms with van der Waals surface area (Å²) in [5.41, 5.74) is -0.497. The van der Waals surface area contributed by atoms with Gasteiger partial charge in [-0.2, -0.15) is 0 Å². The summed E-state index contributed by atoms with van der Waals surface area (Å²) < 4.78 is 17.5. The number of β-lactam (4-membered cyclic amide) rings is 1. The van der Waals surface area contributed by atoms with Gasteiger partial charge in [0, 0.05) is 13.0 Å². The van der Waals surface area contributed by atoms with Crippen molar-refractivity contribution in [3.05, 3.63) is 29.8 Å².